The van der Waals surface area contributed by atoms with Gasteiger partial charge in [-0.3, -0.25) is 9.59 Å². The predicted molar refractivity (Wildman–Crippen MR) is 65.6 cm³/mol. The molecule has 0 aliphatic heterocycles. The number of nitrogens with one attached hydrogen (secondary N) is 1. The minimum atomic E-state index is -0.760. The van der Waals surface area contributed by atoms with Gasteiger partial charge in [0.1, 0.15) is 0 Å². The third-order valence-corrected chi connectivity index (χ3v) is 3.62. The number of carbonyl (C=O) groups is 2. The number of carboxylic acid groups (broad SMARTS) is 1. The van der Waals surface area contributed by atoms with Crippen LogP contribution in [0.15, 0.2) is 0 Å². The van der Waals surface area contributed by atoms with Gasteiger partial charge < -0.3 is 10.4 Å². The first-order valence-corrected chi connectivity index (χ1v) is 6.56. The average Bonchev–Trinajstić information content (AvgIpc) is 2.51. The van der Waals surface area contributed by atoms with Gasteiger partial charge in [-0.25, -0.2) is 0 Å². The van der Waals surface area contributed by atoms with E-state index in [9.17, 15) is 9.59 Å². The highest BCUT2D eigenvalue weighted by molar-refractivity contribution is 5.73. The average molecular weight is 241 g/mol. The van der Waals surface area contributed by atoms with Gasteiger partial charge >= 0.3 is 5.97 Å². The van der Waals surface area contributed by atoms with Gasteiger partial charge in [0.05, 0.1) is 6.42 Å². The van der Waals surface area contributed by atoms with Gasteiger partial charge in [-0.15, -0.1) is 0 Å². The molecule has 0 aromatic heterocycles. The molecule has 0 heterocycles. The molecule has 1 unspecified atom stereocenters. The summed E-state index contributed by atoms with van der Waals surface area (Å²) in [5.74, 6) is -0.284. The molecule has 1 amide bonds. The van der Waals surface area contributed by atoms with E-state index in [0.29, 0.717) is 12.5 Å². The Morgan fingerprint density at radius 2 is 1.82 bits per heavy atom. The second kappa shape index (κ2) is 7.30. The Morgan fingerprint density at radius 3 is 2.29 bits per heavy atom. The fourth-order valence-electron chi connectivity index (χ4n) is 2.69. The highest BCUT2D eigenvalue weighted by Crippen LogP contribution is 2.30. The minimum absolute atomic E-state index is 0.0750. The van der Waals surface area contributed by atoms with Gasteiger partial charge in [0.2, 0.25) is 5.91 Å². The van der Waals surface area contributed by atoms with Crippen LogP contribution in [0.3, 0.4) is 0 Å². The maximum atomic E-state index is 10.9. The molecule has 0 saturated heterocycles. The summed E-state index contributed by atoms with van der Waals surface area (Å²) in [6.45, 7) is 1.98. The number of hydrogen-bond acceptors (Lipinski definition) is 2. The molecule has 0 aromatic carbocycles. The van der Waals surface area contributed by atoms with Crippen molar-refractivity contribution < 1.29 is 14.7 Å². The van der Waals surface area contributed by atoms with E-state index >= 15 is 0 Å². The highest BCUT2D eigenvalue weighted by atomic mass is 16.4. The lowest BCUT2D eigenvalue weighted by molar-refractivity contribution is -0.138. The number of carboxylic acids is 1. The van der Waals surface area contributed by atoms with Crippen molar-refractivity contribution in [1.82, 2.24) is 5.32 Å². The van der Waals surface area contributed by atoms with Crippen LogP contribution in [0.2, 0.25) is 0 Å². The fraction of sp³-hybridized carbons (Fsp3) is 0.846. The molecule has 98 valence electrons. The Kier molecular flexibility index (Phi) is 6.01. The van der Waals surface area contributed by atoms with Crippen LogP contribution < -0.4 is 5.32 Å². The number of hydrogen-bond donors (Lipinski definition) is 2. The van der Waals surface area contributed by atoms with Crippen LogP contribution in [0.5, 0.6) is 0 Å². The number of amides is 1. The molecule has 1 aliphatic carbocycles. The molecule has 0 radical (unpaired) electrons. The van der Waals surface area contributed by atoms with Crippen molar-refractivity contribution in [2.45, 2.75) is 51.9 Å². The van der Waals surface area contributed by atoms with E-state index in [-0.39, 0.29) is 18.2 Å². The highest BCUT2D eigenvalue weighted by Gasteiger charge is 2.24. The standard InChI is InChI=1S/C13H23NO3/c1-10(15)14-9-12(8-13(16)17)11-6-4-2-3-5-7-11/h11-12H,2-9H2,1H3,(H,14,15)(H,16,17). The van der Waals surface area contributed by atoms with Crippen molar-refractivity contribution in [1.29, 1.82) is 0 Å². The summed E-state index contributed by atoms with van der Waals surface area (Å²) in [4.78, 5) is 21.8. The van der Waals surface area contributed by atoms with Crippen molar-refractivity contribution >= 4 is 11.9 Å². The second-order valence-corrected chi connectivity index (χ2v) is 5.05. The van der Waals surface area contributed by atoms with Gasteiger partial charge in [-0.05, 0) is 11.8 Å². The third kappa shape index (κ3) is 5.71. The second-order valence-electron chi connectivity index (χ2n) is 5.05. The molecule has 1 atom stereocenters. The van der Waals surface area contributed by atoms with Crippen LogP contribution in [0.25, 0.3) is 0 Å². The maximum absolute atomic E-state index is 10.9. The SMILES string of the molecule is CC(=O)NCC(CC(=O)O)C1CCCCCC1. The maximum Gasteiger partial charge on any atom is 0.303 e. The van der Waals surface area contributed by atoms with Gasteiger partial charge in [0.25, 0.3) is 0 Å². The van der Waals surface area contributed by atoms with Crippen molar-refractivity contribution in [2.75, 3.05) is 6.54 Å². The van der Waals surface area contributed by atoms with Crippen molar-refractivity contribution in [3.05, 3.63) is 0 Å². The van der Waals surface area contributed by atoms with E-state index in [2.05, 4.69) is 5.32 Å². The molecular formula is C13H23NO3. The normalized spacial score (nSPS) is 19.4. The first-order chi connectivity index (χ1) is 8.09. The molecule has 1 fully saturated rings. The van der Waals surface area contributed by atoms with Crippen LogP contribution in [0.4, 0.5) is 0 Å². The molecule has 1 rings (SSSR count). The first kappa shape index (κ1) is 14.0. The molecule has 2 N–H and O–H groups in total. The zero-order valence-electron chi connectivity index (χ0n) is 10.6. The zero-order chi connectivity index (χ0) is 12.7. The quantitative estimate of drug-likeness (QED) is 0.725. The Morgan fingerprint density at radius 1 is 1.24 bits per heavy atom. The van der Waals surface area contributed by atoms with E-state index in [4.69, 9.17) is 5.11 Å². The fourth-order valence-corrected chi connectivity index (χ4v) is 2.69. The molecule has 0 aromatic rings. The van der Waals surface area contributed by atoms with Crippen LogP contribution in [-0.4, -0.2) is 23.5 Å². The number of aliphatic carboxylic acids is 1. The van der Waals surface area contributed by atoms with Crippen molar-refractivity contribution in [3.63, 3.8) is 0 Å². The van der Waals surface area contributed by atoms with Crippen LogP contribution in [-0.2, 0) is 9.59 Å². The summed E-state index contributed by atoms with van der Waals surface area (Å²) in [6, 6.07) is 0. The topological polar surface area (TPSA) is 66.4 Å². The summed E-state index contributed by atoms with van der Waals surface area (Å²) in [6.07, 6.45) is 7.30. The molecule has 1 saturated carbocycles. The summed E-state index contributed by atoms with van der Waals surface area (Å²) in [7, 11) is 0. The Bertz CT molecular complexity index is 257. The Hall–Kier alpha value is -1.06. The van der Waals surface area contributed by atoms with Gasteiger partial charge in [0.15, 0.2) is 0 Å². The van der Waals surface area contributed by atoms with E-state index in [1.54, 1.807) is 0 Å². The molecule has 17 heavy (non-hydrogen) atoms. The number of carbonyl (C=O) groups excluding carboxylic acids is 1. The zero-order valence-corrected chi connectivity index (χ0v) is 10.6. The van der Waals surface area contributed by atoms with Crippen molar-refractivity contribution in [2.24, 2.45) is 11.8 Å². The Labute approximate surface area is 103 Å². The third-order valence-electron chi connectivity index (χ3n) is 3.62. The lowest BCUT2D eigenvalue weighted by Crippen LogP contribution is -2.32. The van der Waals surface area contributed by atoms with E-state index < -0.39 is 5.97 Å². The monoisotopic (exact) mass is 241 g/mol. The van der Waals surface area contributed by atoms with Crippen LogP contribution in [0, 0.1) is 11.8 Å². The lowest BCUT2D eigenvalue weighted by Gasteiger charge is -2.24. The number of rotatable bonds is 5. The van der Waals surface area contributed by atoms with Gasteiger partial charge in [-0.1, -0.05) is 38.5 Å². The smallest absolute Gasteiger partial charge is 0.303 e. The molecule has 4 nitrogen and oxygen atoms in total. The summed E-state index contributed by atoms with van der Waals surface area (Å²) < 4.78 is 0. The predicted octanol–water partition coefficient (Wildman–Crippen LogP) is 2.18. The molecular weight excluding hydrogens is 218 g/mol. The molecule has 0 spiro atoms. The van der Waals surface area contributed by atoms with E-state index in [1.807, 2.05) is 0 Å². The van der Waals surface area contributed by atoms with E-state index in [0.717, 1.165) is 12.8 Å². The molecule has 4 heteroatoms. The Balaban J connectivity index is 2.52. The summed E-state index contributed by atoms with van der Waals surface area (Å²) >= 11 is 0. The van der Waals surface area contributed by atoms with Crippen LogP contribution >= 0.6 is 0 Å². The molecule has 1 aliphatic rings. The molecule has 0 bridgehead atoms. The van der Waals surface area contributed by atoms with Gasteiger partial charge in [-0.2, -0.15) is 0 Å². The lowest BCUT2D eigenvalue weighted by atomic mass is 9.84. The largest absolute Gasteiger partial charge is 0.481 e. The minimum Gasteiger partial charge on any atom is -0.481 e. The van der Waals surface area contributed by atoms with Gasteiger partial charge in [0, 0.05) is 13.5 Å². The van der Waals surface area contributed by atoms with Crippen LogP contribution in [0.1, 0.15) is 51.9 Å². The summed E-state index contributed by atoms with van der Waals surface area (Å²) in [5, 5.41) is 11.7. The first-order valence-electron chi connectivity index (χ1n) is 6.56. The summed E-state index contributed by atoms with van der Waals surface area (Å²) in [5.41, 5.74) is 0. The van der Waals surface area contributed by atoms with Crippen molar-refractivity contribution in [3.8, 4) is 0 Å². The van der Waals surface area contributed by atoms with E-state index in [1.165, 1.54) is 32.6 Å².